The molecule has 0 amide bonds. The minimum Gasteiger partial charge on any atom is -0.493 e. The molecule has 1 aromatic heterocycles. The predicted molar refractivity (Wildman–Crippen MR) is 114 cm³/mol. The van der Waals surface area contributed by atoms with E-state index in [1.165, 1.54) is 11.3 Å². The van der Waals surface area contributed by atoms with Crippen molar-refractivity contribution in [1.29, 1.82) is 0 Å². The average Bonchev–Trinajstić information content (AvgIpc) is 3.46. The van der Waals surface area contributed by atoms with Gasteiger partial charge >= 0.3 is 0 Å². The zero-order chi connectivity index (χ0) is 20.4. The van der Waals surface area contributed by atoms with E-state index >= 15 is 0 Å². The first kappa shape index (κ1) is 19.9. The van der Waals surface area contributed by atoms with Gasteiger partial charge in [0.05, 0.1) is 24.8 Å². The molecular formula is C21H22N2O4S2. The summed E-state index contributed by atoms with van der Waals surface area (Å²) >= 11 is 1.53. The van der Waals surface area contributed by atoms with E-state index in [4.69, 9.17) is 14.5 Å². The second-order valence-corrected chi connectivity index (χ2v) is 9.54. The van der Waals surface area contributed by atoms with Crippen LogP contribution in [0.2, 0.25) is 0 Å². The van der Waals surface area contributed by atoms with Gasteiger partial charge in [-0.15, -0.1) is 11.3 Å². The van der Waals surface area contributed by atoms with Gasteiger partial charge in [-0.2, -0.15) is 4.31 Å². The number of sulfonamides is 1. The van der Waals surface area contributed by atoms with E-state index in [1.54, 1.807) is 30.7 Å². The van der Waals surface area contributed by atoms with Gasteiger partial charge in [-0.3, -0.25) is 0 Å². The molecule has 6 nitrogen and oxygen atoms in total. The van der Waals surface area contributed by atoms with Gasteiger partial charge in [-0.25, -0.2) is 13.4 Å². The van der Waals surface area contributed by atoms with Crippen molar-refractivity contribution in [3.05, 3.63) is 47.8 Å². The Labute approximate surface area is 174 Å². The number of benzene rings is 2. The molecule has 2 aromatic carbocycles. The Morgan fingerprint density at radius 1 is 0.931 bits per heavy atom. The summed E-state index contributed by atoms with van der Waals surface area (Å²) in [6.07, 6.45) is 1.85. The lowest BCUT2D eigenvalue weighted by Crippen LogP contribution is -2.27. The molecule has 0 unspecified atom stereocenters. The van der Waals surface area contributed by atoms with Crippen LogP contribution in [0, 0.1) is 0 Å². The fourth-order valence-electron chi connectivity index (χ4n) is 3.38. The highest BCUT2D eigenvalue weighted by Crippen LogP contribution is 2.35. The summed E-state index contributed by atoms with van der Waals surface area (Å²) in [5.74, 6) is 1.32. The Kier molecular flexibility index (Phi) is 5.58. The van der Waals surface area contributed by atoms with Gasteiger partial charge < -0.3 is 9.47 Å². The number of nitrogens with zero attached hydrogens (tertiary/aromatic N) is 2. The van der Waals surface area contributed by atoms with Crippen molar-refractivity contribution < 1.29 is 17.9 Å². The lowest BCUT2D eigenvalue weighted by Gasteiger charge is -2.15. The summed E-state index contributed by atoms with van der Waals surface area (Å²) in [5, 5.41) is 2.82. The molecule has 1 aliphatic rings. The van der Waals surface area contributed by atoms with Crippen LogP contribution < -0.4 is 9.47 Å². The second kappa shape index (κ2) is 8.14. The lowest BCUT2D eigenvalue weighted by molar-refractivity contribution is 0.355. The number of hydrogen-bond donors (Lipinski definition) is 0. The molecule has 1 fully saturated rings. The minimum absolute atomic E-state index is 0.332. The maximum Gasteiger partial charge on any atom is 0.243 e. The Hall–Kier alpha value is -2.42. The van der Waals surface area contributed by atoms with Gasteiger partial charge in [-0.05, 0) is 43.2 Å². The van der Waals surface area contributed by atoms with Crippen LogP contribution in [0.5, 0.6) is 11.5 Å². The van der Waals surface area contributed by atoms with Gasteiger partial charge in [0.1, 0.15) is 5.01 Å². The maximum atomic E-state index is 12.7. The number of thiazole rings is 1. The van der Waals surface area contributed by atoms with E-state index < -0.39 is 10.0 Å². The molecule has 152 valence electrons. The van der Waals surface area contributed by atoms with Crippen LogP contribution in [0.4, 0.5) is 0 Å². The third-order valence-corrected chi connectivity index (χ3v) is 7.79. The van der Waals surface area contributed by atoms with Gasteiger partial charge in [0.25, 0.3) is 0 Å². The smallest absolute Gasteiger partial charge is 0.243 e. The largest absolute Gasteiger partial charge is 0.493 e. The number of ether oxygens (including phenoxy) is 2. The van der Waals surface area contributed by atoms with E-state index in [1.807, 2.05) is 35.7 Å². The molecule has 2 heterocycles. The number of aromatic nitrogens is 1. The monoisotopic (exact) mass is 430 g/mol. The van der Waals surface area contributed by atoms with Crippen molar-refractivity contribution in [2.75, 3.05) is 27.3 Å². The van der Waals surface area contributed by atoms with E-state index in [2.05, 4.69) is 0 Å². The van der Waals surface area contributed by atoms with E-state index in [0.717, 1.165) is 34.7 Å². The molecule has 3 aromatic rings. The lowest BCUT2D eigenvalue weighted by atomic mass is 10.2. The van der Waals surface area contributed by atoms with Crippen molar-refractivity contribution in [3.8, 4) is 33.3 Å². The molecule has 0 atom stereocenters. The maximum absolute atomic E-state index is 12.7. The number of methoxy groups -OCH3 is 2. The Morgan fingerprint density at radius 2 is 1.59 bits per heavy atom. The first-order chi connectivity index (χ1) is 14.0. The summed E-state index contributed by atoms with van der Waals surface area (Å²) in [4.78, 5) is 5.05. The van der Waals surface area contributed by atoms with Crippen LogP contribution in [0.1, 0.15) is 12.8 Å². The molecule has 0 bridgehead atoms. The van der Waals surface area contributed by atoms with Crippen LogP contribution in [-0.2, 0) is 10.0 Å². The third-order valence-electron chi connectivity index (χ3n) is 4.99. The number of hydrogen-bond acceptors (Lipinski definition) is 6. The van der Waals surface area contributed by atoms with Crippen molar-refractivity contribution >= 4 is 21.4 Å². The van der Waals surface area contributed by atoms with Crippen LogP contribution in [0.25, 0.3) is 21.8 Å². The first-order valence-corrected chi connectivity index (χ1v) is 11.6. The summed E-state index contributed by atoms with van der Waals surface area (Å²) < 4.78 is 37.6. The Balaban J connectivity index is 1.58. The molecule has 0 aliphatic carbocycles. The predicted octanol–water partition coefficient (Wildman–Crippen LogP) is 4.28. The summed E-state index contributed by atoms with van der Waals surface area (Å²) in [6.45, 7) is 1.20. The third kappa shape index (κ3) is 3.88. The standard InChI is InChI=1S/C21H22N2O4S2/c1-26-19-10-7-16(13-20(19)27-2)21-22-18(14-28-21)15-5-8-17(9-6-15)29(24,25)23-11-3-4-12-23/h5-10,13-14H,3-4,11-12H2,1-2H3. The van der Waals surface area contributed by atoms with Gasteiger partial charge in [-0.1, -0.05) is 12.1 Å². The van der Waals surface area contributed by atoms with Crippen LogP contribution >= 0.6 is 11.3 Å². The van der Waals surface area contributed by atoms with Gasteiger partial charge in [0.2, 0.25) is 10.0 Å². The average molecular weight is 431 g/mol. The molecule has 0 saturated carbocycles. The highest BCUT2D eigenvalue weighted by atomic mass is 32.2. The summed E-state index contributed by atoms with van der Waals surface area (Å²) in [7, 11) is -0.192. The molecule has 0 radical (unpaired) electrons. The molecule has 29 heavy (non-hydrogen) atoms. The molecular weight excluding hydrogens is 408 g/mol. The molecule has 1 aliphatic heterocycles. The number of rotatable bonds is 6. The van der Waals surface area contributed by atoms with E-state index in [-0.39, 0.29) is 0 Å². The SMILES string of the molecule is COc1ccc(-c2nc(-c3ccc(S(=O)(=O)N4CCCC4)cc3)cs2)cc1OC. The fraction of sp³-hybridized carbons (Fsp3) is 0.286. The second-order valence-electron chi connectivity index (χ2n) is 6.74. The van der Waals surface area contributed by atoms with Crippen LogP contribution in [-0.4, -0.2) is 45.0 Å². The summed E-state index contributed by atoms with van der Waals surface area (Å²) in [6, 6.07) is 12.7. The highest BCUT2D eigenvalue weighted by Gasteiger charge is 2.27. The first-order valence-electron chi connectivity index (χ1n) is 9.31. The molecule has 4 rings (SSSR count). The van der Waals surface area contributed by atoms with Crippen molar-refractivity contribution in [1.82, 2.24) is 9.29 Å². The van der Waals surface area contributed by atoms with E-state index in [9.17, 15) is 8.42 Å². The van der Waals surface area contributed by atoms with Crippen molar-refractivity contribution in [2.24, 2.45) is 0 Å². The van der Waals surface area contributed by atoms with Crippen LogP contribution in [0.3, 0.4) is 0 Å². The topological polar surface area (TPSA) is 68.7 Å². The van der Waals surface area contributed by atoms with E-state index in [0.29, 0.717) is 29.5 Å². The Morgan fingerprint density at radius 3 is 2.24 bits per heavy atom. The Bertz CT molecular complexity index is 1100. The van der Waals surface area contributed by atoms with Crippen molar-refractivity contribution in [3.63, 3.8) is 0 Å². The summed E-state index contributed by atoms with van der Waals surface area (Å²) in [5.41, 5.74) is 2.63. The minimum atomic E-state index is -3.40. The van der Waals surface area contributed by atoms with Crippen molar-refractivity contribution in [2.45, 2.75) is 17.7 Å². The molecule has 0 N–H and O–H groups in total. The van der Waals surface area contributed by atoms with Gasteiger partial charge in [0.15, 0.2) is 11.5 Å². The highest BCUT2D eigenvalue weighted by molar-refractivity contribution is 7.89. The molecule has 0 spiro atoms. The molecule has 1 saturated heterocycles. The normalized spacial score (nSPS) is 14.8. The zero-order valence-corrected chi connectivity index (χ0v) is 17.9. The quantitative estimate of drug-likeness (QED) is 0.584. The molecule has 8 heteroatoms. The fourth-order valence-corrected chi connectivity index (χ4v) is 5.73. The zero-order valence-electron chi connectivity index (χ0n) is 16.3. The van der Waals surface area contributed by atoms with Gasteiger partial charge in [0, 0.05) is 29.6 Å². The van der Waals surface area contributed by atoms with Crippen LogP contribution in [0.15, 0.2) is 52.7 Å².